The molecule has 1 amide bonds. The largest absolute Gasteiger partial charge is 0.317 e. The monoisotopic (exact) mass is 285 g/mol. The van der Waals surface area contributed by atoms with Crippen molar-refractivity contribution in [2.45, 2.75) is 0 Å². The summed E-state index contributed by atoms with van der Waals surface area (Å²) < 4.78 is 13.4. The van der Waals surface area contributed by atoms with Crippen LogP contribution in [0.5, 0.6) is 0 Å². The number of carbonyl (C=O) groups excluding carboxylic acids is 1. The maximum Gasteiger partial charge on any atom is 0.258 e. The lowest BCUT2D eigenvalue weighted by atomic mass is 10.2. The highest BCUT2D eigenvalue weighted by Gasteiger charge is 2.15. The molecule has 1 aromatic heterocycles. The topological polar surface area (TPSA) is 54.9 Å². The minimum atomic E-state index is -0.674. The number of carbonyl (C=O) groups is 1. The van der Waals surface area contributed by atoms with Crippen molar-refractivity contribution in [1.82, 2.24) is 9.97 Å². The predicted octanol–water partition coefficient (Wildman–Crippen LogP) is 3.17. The number of halogens is 3. The molecule has 18 heavy (non-hydrogen) atoms. The summed E-state index contributed by atoms with van der Waals surface area (Å²) in [4.78, 5) is 19.2. The van der Waals surface area contributed by atoms with Crippen LogP contribution in [0.2, 0.25) is 10.3 Å². The van der Waals surface area contributed by atoms with Gasteiger partial charge in [0.15, 0.2) is 10.3 Å². The number of hydrogen-bond acceptors (Lipinski definition) is 3. The molecule has 2 aromatic rings. The van der Waals surface area contributed by atoms with E-state index in [0.29, 0.717) is 0 Å². The Bertz CT molecular complexity index is 586. The summed E-state index contributed by atoms with van der Waals surface area (Å²) in [7, 11) is 0. The zero-order valence-electron chi connectivity index (χ0n) is 8.82. The van der Waals surface area contributed by atoms with E-state index in [2.05, 4.69) is 15.3 Å². The zero-order chi connectivity index (χ0) is 13.1. The summed E-state index contributed by atoms with van der Waals surface area (Å²) in [5, 5.41) is 2.34. The van der Waals surface area contributed by atoms with Gasteiger partial charge >= 0.3 is 0 Å². The first-order valence-corrected chi connectivity index (χ1v) is 5.57. The van der Waals surface area contributed by atoms with Gasteiger partial charge in [-0.2, -0.15) is 0 Å². The molecule has 7 heteroatoms. The Labute approximate surface area is 112 Å². The third kappa shape index (κ3) is 2.57. The Balaban J connectivity index is 2.30. The fourth-order valence-electron chi connectivity index (χ4n) is 1.27. The first-order valence-electron chi connectivity index (χ1n) is 4.81. The number of hydrogen-bond donors (Lipinski definition) is 1. The first-order chi connectivity index (χ1) is 8.59. The smallest absolute Gasteiger partial charge is 0.258 e. The lowest BCUT2D eigenvalue weighted by Crippen LogP contribution is -2.14. The number of aromatic nitrogens is 2. The molecule has 4 nitrogen and oxygen atoms in total. The molecular formula is C11H6Cl2FN3O. The third-order valence-corrected chi connectivity index (χ3v) is 2.68. The molecular weight excluding hydrogens is 280 g/mol. The van der Waals surface area contributed by atoms with Gasteiger partial charge < -0.3 is 5.32 Å². The summed E-state index contributed by atoms with van der Waals surface area (Å²) in [5.74, 6) is -1.31. The number of nitrogens with one attached hydrogen (secondary N) is 1. The molecule has 0 aliphatic heterocycles. The van der Waals surface area contributed by atoms with Gasteiger partial charge in [0, 0.05) is 0 Å². The minimum Gasteiger partial charge on any atom is -0.317 e. The van der Waals surface area contributed by atoms with Crippen LogP contribution in [0, 0.1) is 5.82 Å². The lowest BCUT2D eigenvalue weighted by Gasteiger charge is -2.07. The van der Waals surface area contributed by atoms with Crippen molar-refractivity contribution < 1.29 is 9.18 Å². The van der Waals surface area contributed by atoms with Gasteiger partial charge in [-0.1, -0.05) is 35.3 Å². The molecule has 1 N–H and O–H groups in total. The number of amides is 1. The Morgan fingerprint density at radius 1 is 1.17 bits per heavy atom. The van der Waals surface area contributed by atoms with Crippen LogP contribution < -0.4 is 5.32 Å². The van der Waals surface area contributed by atoms with E-state index in [-0.39, 0.29) is 21.6 Å². The number of nitrogens with zero attached hydrogens (tertiary/aromatic N) is 2. The molecule has 0 bridgehead atoms. The second-order valence-electron chi connectivity index (χ2n) is 3.26. The Kier molecular flexibility index (Phi) is 3.74. The summed E-state index contributed by atoms with van der Waals surface area (Å²) in [5.41, 5.74) is -0.0671. The molecule has 1 aromatic carbocycles. The summed E-state index contributed by atoms with van der Waals surface area (Å²) in [6.07, 6.45) is 1.16. The van der Waals surface area contributed by atoms with Gasteiger partial charge in [-0.3, -0.25) is 4.79 Å². The summed E-state index contributed by atoms with van der Waals surface area (Å²) in [6.45, 7) is 0. The highest BCUT2D eigenvalue weighted by atomic mass is 35.5. The van der Waals surface area contributed by atoms with Crippen molar-refractivity contribution in [2.24, 2.45) is 0 Å². The fraction of sp³-hybridized carbons (Fsp3) is 0. The molecule has 0 atom stereocenters. The standard InChI is InChI=1S/C11H6Cl2FN3O/c12-9-8(10(13)16-5-15-9)17-11(18)6-3-1-2-4-7(6)14/h1-5H,(H,17,18). The van der Waals surface area contributed by atoms with Crippen LogP contribution in [0.15, 0.2) is 30.6 Å². The first kappa shape index (κ1) is 12.7. The van der Waals surface area contributed by atoms with E-state index in [1.807, 2.05) is 0 Å². The third-order valence-electron chi connectivity index (χ3n) is 2.11. The number of anilines is 1. The van der Waals surface area contributed by atoms with Gasteiger partial charge in [0.25, 0.3) is 5.91 Å². The minimum absolute atomic E-state index is 0.0142. The molecule has 0 fully saturated rings. The van der Waals surface area contributed by atoms with Crippen molar-refractivity contribution in [3.8, 4) is 0 Å². The van der Waals surface area contributed by atoms with Gasteiger partial charge in [-0.25, -0.2) is 14.4 Å². The van der Waals surface area contributed by atoms with Crippen LogP contribution in [0.3, 0.4) is 0 Å². The molecule has 0 radical (unpaired) electrons. The van der Waals surface area contributed by atoms with Crippen molar-refractivity contribution >= 4 is 34.8 Å². The van der Waals surface area contributed by atoms with E-state index < -0.39 is 11.7 Å². The molecule has 0 aliphatic rings. The Morgan fingerprint density at radius 3 is 2.39 bits per heavy atom. The second-order valence-corrected chi connectivity index (χ2v) is 3.98. The molecule has 0 saturated carbocycles. The maximum absolute atomic E-state index is 13.4. The summed E-state index contributed by atoms with van der Waals surface area (Å²) >= 11 is 11.5. The average Bonchev–Trinajstić information content (AvgIpc) is 2.34. The quantitative estimate of drug-likeness (QED) is 0.863. The fourth-order valence-corrected chi connectivity index (χ4v) is 1.68. The lowest BCUT2D eigenvalue weighted by molar-refractivity contribution is 0.102. The van der Waals surface area contributed by atoms with Gasteiger partial charge in [0.05, 0.1) is 5.56 Å². The van der Waals surface area contributed by atoms with Crippen LogP contribution in [-0.4, -0.2) is 15.9 Å². The van der Waals surface area contributed by atoms with Crippen molar-refractivity contribution in [3.05, 3.63) is 52.3 Å². The molecule has 0 unspecified atom stereocenters. The maximum atomic E-state index is 13.4. The van der Waals surface area contributed by atoms with E-state index >= 15 is 0 Å². The van der Waals surface area contributed by atoms with E-state index in [9.17, 15) is 9.18 Å². The second kappa shape index (κ2) is 5.29. The predicted molar refractivity (Wildman–Crippen MR) is 66.4 cm³/mol. The molecule has 92 valence electrons. The normalized spacial score (nSPS) is 10.2. The average molecular weight is 286 g/mol. The number of rotatable bonds is 2. The van der Waals surface area contributed by atoms with Crippen molar-refractivity contribution in [3.63, 3.8) is 0 Å². The summed E-state index contributed by atoms with van der Waals surface area (Å²) in [6, 6.07) is 5.55. The van der Waals surface area contributed by atoms with Gasteiger partial charge in [0.2, 0.25) is 0 Å². The molecule has 1 heterocycles. The molecule has 0 aliphatic carbocycles. The van der Waals surface area contributed by atoms with Crippen LogP contribution in [0.4, 0.5) is 10.1 Å². The Morgan fingerprint density at radius 2 is 1.78 bits per heavy atom. The molecule has 2 rings (SSSR count). The van der Waals surface area contributed by atoms with Crippen LogP contribution in [0.25, 0.3) is 0 Å². The van der Waals surface area contributed by atoms with Gasteiger partial charge in [-0.05, 0) is 12.1 Å². The molecule has 0 saturated heterocycles. The van der Waals surface area contributed by atoms with Crippen LogP contribution >= 0.6 is 23.2 Å². The van der Waals surface area contributed by atoms with Crippen molar-refractivity contribution in [1.29, 1.82) is 0 Å². The van der Waals surface area contributed by atoms with E-state index in [1.165, 1.54) is 18.2 Å². The van der Waals surface area contributed by atoms with Gasteiger partial charge in [0.1, 0.15) is 17.8 Å². The van der Waals surface area contributed by atoms with Crippen LogP contribution in [0.1, 0.15) is 10.4 Å². The van der Waals surface area contributed by atoms with E-state index in [4.69, 9.17) is 23.2 Å². The highest BCUT2D eigenvalue weighted by molar-refractivity contribution is 6.38. The SMILES string of the molecule is O=C(Nc1c(Cl)ncnc1Cl)c1ccccc1F. The van der Waals surface area contributed by atoms with E-state index in [1.54, 1.807) is 6.07 Å². The van der Waals surface area contributed by atoms with Crippen LogP contribution in [-0.2, 0) is 0 Å². The van der Waals surface area contributed by atoms with Gasteiger partial charge in [-0.15, -0.1) is 0 Å². The Hall–Kier alpha value is -1.72. The highest BCUT2D eigenvalue weighted by Crippen LogP contribution is 2.26. The van der Waals surface area contributed by atoms with E-state index in [0.717, 1.165) is 6.33 Å². The zero-order valence-corrected chi connectivity index (χ0v) is 10.3. The van der Waals surface area contributed by atoms with Crippen molar-refractivity contribution in [2.75, 3.05) is 5.32 Å². The number of benzene rings is 1. The molecule has 0 spiro atoms.